The van der Waals surface area contributed by atoms with Gasteiger partial charge in [0.1, 0.15) is 0 Å². The Morgan fingerprint density at radius 2 is 2.00 bits per heavy atom. The van der Waals surface area contributed by atoms with E-state index in [1.807, 2.05) is 6.92 Å². The second-order valence-electron chi connectivity index (χ2n) is 3.76. The zero-order valence-electron chi connectivity index (χ0n) is 8.64. The number of nitrogens with one attached hydrogen (secondary N) is 1. The average molecular weight is 207 g/mol. The van der Waals surface area contributed by atoms with Crippen LogP contribution in [-0.4, -0.2) is 32.2 Å². The van der Waals surface area contributed by atoms with E-state index < -0.39 is 12.5 Å². The summed E-state index contributed by atoms with van der Waals surface area (Å²) in [5, 5.41) is 2.93. The van der Waals surface area contributed by atoms with Crippen molar-refractivity contribution in [1.82, 2.24) is 5.32 Å². The van der Waals surface area contributed by atoms with E-state index in [-0.39, 0.29) is 5.92 Å². The highest BCUT2D eigenvalue weighted by molar-refractivity contribution is 4.80. The molecule has 0 radical (unpaired) electrons. The van der Waals surface area contributed by atoms with Crippen LogP contribution in [0.5, 0.6) is 0 Å². The van der Waals surface area contributed by atoms with Gasteiger partial charge in [-0.1, -0.05) is 6.92 Å². The maximum absolute atomic E-state index is 12.7. The molecule has 1 atom stereocenters. The lowest BCUT2D eigenvalue weighted by molar-refractivity contribution is 0.00932. The minimum absolute atomic E-state index is 0.0790. The number of rotatable bonds is 5. The smallest absolute Gasteiger partial charge is 0.253 e. The molecule has 0 amide bonds. The van der Waals surface area contributed by atoms with Crippen LogP contribution in [-0.2, 0) is 4.74 Å². The summed E-state index contributed by atoms with van der Waals surface area (Å²) in [4.78, 5) is 0. The molecule has 0 spiro atoms. The van der Waals surface area contributed by atoms with Gasteiger partial charge in [0.2, 0.25) is 0 Å². The van der Waals surface area contributed by atoms with Crippen molar-refractivity contribution in [1.29, 1.82) is 0 Å². The highest BCUT2D eigenvalue weighted by Gasteiger charge is 2.30. The summed E-state index contributed by atoms with van der Waals surface area (Å²) < 4.78 is 30.6. The summed E-state index contributed by atoms with van der Waals surface area (Å²) in [5.74, 6) is 0.0790. The molecular formula is C10H19F2NO. The molecule has 1 fully saturated rings. The van der Waals surface area contributed by atoms with Crippen LogP contribution in [0.1, 0.15) is 26.2 Å². The fraction of sp³-hybridized carbons (Fsp3) is 1.00. The number of halogens is 2. The van der Waals surface area contributed by atoms with Crippen LogP contribution in [0.15, 0.2) is 0 Å². The molecule has 1 aliphatic rings. The van der Waals surface area contributed by atoms with Gasteiger partial charge in [0.25, 0.3) is 6.43 Å². The molecule has 2 nitrogen and oxygen atoms in total. The summed E-state index contributed by atoms with van der Waals surface area (Å²) in [6.07, 6.45) is 0.147. The van der Waals surface area contributed by atoms with Gasteiger partial charge in [-0.3, -0.25) is 0 Å². The standard InChI is InChI=1S/C10H19F2NO/c1-2-5-13-9(10(11)12)8-3-6-14-7-4-8/h8-10,13H,2-7H2,1H3. The van der Waals surface area contributed by atoms with Crippen LogP contribution in [0.25, 0.3) is 0 Å². The summed E-state index contributed by atoms with van der Waals surface area (Å²) in [6, 6.07) is -0.640. The van der Waals surface area contributed by atoms with Crippen molar-refractivity contribution in [3.63, 3.8) is 0 Å². The Hall–Kier alpha value is -0.220. The van der Waals surface area contributed by atoms with Gasteiger partial charge in [0.05, 0.1) is 6.04 Å². The summed E-state index contributed by atoms with van der Waals surface area (Å²) in [7, 11) is 0. The van der Waals surface area contributed by atoms with Gasteiger partial charge in [-0.25, -0.2) is 8.78 Å². The first-order valence-corrected chi connectivity index (χ1v) is 5.35. The molecule has 1 rings (SSSR count). The molecule has 0 aromatic rings. The Labute approximate surface area is 84.0 Å². The third-order valence-corrected chi connectivity index (χ3v) is 2.68. The normalized spacial score (nSPS) is 21.4. The highest BCUT2D eigenvalue weighted by Crippen LogP contribution is 2.22. The summed E-state index contributed by atoms with van der Waals surface area (Å²) in [6.45, 7) is 3.91. The maximum atomic E-state index is 12.7. The molecule has 1 aliphatic heterocycles. The molecule has 1 N–H and O–H groups in total. The summed E-state index contributed by atoms with van der Waals surface area (Å²) >= 11 is 0. The van der Waals surface area contributed by atoms with Crippen LogP contribution < -0.4 is 5.32 Å². The Kier molecular flexibility index (Phi) is 5.33. The van der Waals surface area contributed by atoms with Gasteiger partial charge in [-0.05, 0) is 31.7 Å². The van der Waals surface area contributed by atoms with E-state index in [0.717, 1.165) is 19.3 Å². The van der Waals surface area contributed by atoms with Crippen LogP contribution >= 0.6 is 0 Å². The van der Waals surface area contributed by atoms with Gasteiger partial charge in [0, 0.05) is 13.2 Å². The largest absolute Gasteiger partial charge is 0.381 e. The van der Waals surface area contributed by atoms with E-state index in [1.54, 1.807) is 0 Å². The maximum Gasteiger partial charge on any atom is 0.253 e. The lowest BCUT2D eigenvalue weighted by atomic mass is 9.92. The van der Waals surface area contributed by atoms with Gasteiger partial charge in [-0.15, -0.1) is 0 Å². The average Bonchev–Trinajstić information content (AvgIpc) is 2.19. The number of alkyl halides is 2. The number of hydrogen-bond acceptors (Lipinski definition) is 2. The Balaban J connectivity index is 2.39. The Morgan fingerprint density at radius 1 is 1.36 bits per heavy atom. The molecular weight excluding hydrogens is 188 g/mol. The van der Waals surface area contributed by atoms with E-state index in [9.17, 15) is 8.78 Å². The van der Waals surface area contributed by atoms with Crippen LogP contribution in [0, 0.1) is 5.92 Å². The van der Waals surface area contributed by atoms with Crippen molar-refractivity contribution in [2.75, 3.05) is 19.8 Å². The SMILES string of the molecule is CCCNC(C(F)F)C1CCOCC1. The molecule has 0 aromatic carbocycles. The minimum Gasteiger partial charge on any atom is -0.381 e. The third-order valence-electron chi connectivity index (χ3n) is 2.68. The molecule has 0 aliphatic carbocycles. The first-order valence-electron chi connectivity index (χ1n) is 5.35. The van der Waals surface area contributed by atoms with Gasteiger partial charge in [-0.2, -0.15) is 0 Å². The highest BCUT2D eigenvalue weighted by atomic mass is 19.3. The lowest BCUT2D eigenvalue weighted by Crippen LogP contribution is -2.44. The molecule has 84 valence electrons. The number of ether oxygens (including phenoxy) is 1. The number of hydrogen-bond donors (Lipinski definition) is 1. The molecule has 0 saturated carbocycles. The van der Waals surface area contributed by atoms with Crippen molar-refractivity contribution < 1.29 is 13.5 Å². The van der Waals surface area contributed by atoms with E-state index in [4.69, 9.17) is 4.74 Å². The zero-order valence-corrected chi connectivity index (χ0v) is 8.64. The van der Waals surface area contributed by atoms with E-state index in [0.29, 0.717) is 19.8 Å². The second-order valence-corrected chi connectivity index (χ2v) is 3.76. The fourth-order valence-corrected chi connectivity index (χ4v) is 1.85. The van der Waals surface area contributed by atoms with Crippen LogP contribution in [0.3, 0.4) is 0 Å². The van der Waals surface area contributed by atoms with Crippen molar-refractivity contribution >= 4 is 0 Å². The van der Waals surface area contributed by atoms with Crippen molar-refractivity contribution in [3.8, 4) is 0 Å². The Bertz CT molecular complexity index is 149. The second kappa shape index (κ2) is 6.30. The predicted molar refractivity (Wildman–Crippen MR) is 51.6 cm³/mol. The summed E-state index contributed by atoms with van der Waals surface area (Å²) in [5.41, 5.74) is 0. The first kappa shape index (κ1) is 11.9. The molecule has 14 heavy (non-hydrogen) atoms. The molecule has 0 bridgehead atoms. The molecule has 1 heterocycles. The Morgan fingerprint density at radius 3 is 2.50 bits per heavy atom. The minimum atomic E-state index is -2.26. The predicted octanol–water partition coefficient (Wildman–Crippen LogP) is 2.05. The van der Waals surface area contributed by atoms with Crippen LogP contribution in [0.4, 0.5) is 8.78 Å². The van der Waals surface area contributed by atoms with E-state index >= 15 is 0 Å². The van der Waals surface area contributed by atoms with Gasteiger partial charge >= 0.3 is 0 Å². The van der Waals surface area contributed by atoms with Crippen molar-refractivity contribution in [2.24, 2.45) is 5.92 Å². The third kappa shape index (κ3) is 3.50. The van der Waals surface area contributed by atoms with Gasteiger partial charge in [0.15, 0.2) is 0 Å². The zero-order chi connectivity index (χ0) is 10.4. The van der Waals surface area contributed by atoms with E-state index in [2.05, 4.69) is 5.32 Å². The molecule has 1 saturated heterocycles. The lowest BCUT2D eigenvalue weighted by Gasteiger charge is -2.30. The molecule has 4 heteroatoms. The molecule has 0 aromatic heterocycles. The topological polar surface area (TPSA) is 21.3 Å². The quantitative estimate of drug-likeness (QED) is 0.745. The first-order chi connectivity index (χ1) is 6.75. The molecule has 1 unspecified atom stereocenters. The fourth-order valence-electron chi connectivity index (χ4n) is 1.85. The van der Waals surface area contributed by atoms with Crippen molar-refractivity contribution in [3.05, 3.63) is 0 Å². The van der Waals surface area contributed by atoms with Crippen LogP contribution in [0.2, 0.25) is 0 Å². The van der Waals surface area contributed by atoms with Crippen molar-refractivity contribution in [2.45, 2.75) is 38.7 Å². The van der Waals surface area contributed by atoms with Gasteiger partial charge < -0.3 is 10.1 Å². The monoisotopic (exact) mass is 207 g/mol. The van der Waals surface area contributed by atoms with E-state index in [1.165, 1.54) is 0 Å².